The van der Waals surface area contributed by atoms with Crippen molar-refractivity contribution in [2.45, 2.75) is 18.2 Å². The average Bonchev–Trinajstić information content (AvgIpc) is 3.14. The van der Waals surface area contributed by atoms with Gasteiger partial charge in [0.1, 0.15) is 0 Å². The topological polar surface area (TPSA) is 88.9 Å². The number of thioether (sulfide) groups is 1. The van der Waals surface area contributed by atoms with Gasteiger partial charge in [0.05, 0.1) is 22.9 Å². The summed E-state index contributed by atoms with van der Waals surface area (Å²) in [6.07, 6.45) is 1.71. The zero-order valence-corrected chi connectivity index (χ0v) is 20.1. The first-order chi connectivity index (χ1) is 15.0. The maximum absolute atomic E-state index is 12.4. The minimum absolute atomic E-state index is 0.145. The number of hydrogen-bond acceptors (Lipinski definition) is 5. The van der Waals surface area contributed by atoms with Crippen molar-refractivity contribution in [2.24, 2.45) is 0 Å². The molecule has 0 unspecified atom stereocenters. The normalized spacial score (nSPS) is 10.5. The van der Waals surface area contributed by atoms with E-state index in [0.717, 1.165) is 9.26 Å². The van der Waals surface area contributed by atoms with Gasteiger partial charge in [-0.2, -0.15) is 0 Å². The molecule has 0 saturated carbocycles. The molecule has 10 heteroatoms. The lowest BCUT2D eigenvalue weighted by Gasteiger charge is -2.09. The highest BCUT2D eigenvalue weighted by atomic mass is 127. The van der Waals surface area contributed by atoms with Gasteiger partial charge in [-0.25, -0.2) is 0 Å². The minimum atomic E-state index is -0.301. The summed E-state index contributed by atoms with van der Waals surface area (Å²) in [4.78, 5) is 24.7. The van der Waals surface area contributed by atoms with Crippen LogP contribution in [0, 0.1) is 3.57 Å². The highest BCUT2D eigenvalue weighted by Gasteiger charge is 2.16. The summed E-state index contributed by atoms with van der Waals surface area (Å²) in [7, 11) is 0. The Hall–Kier alpha value is -2.37. The number of hydrogen-bond donors (Lipinski definition) is 2. The number of rotatable bonds is 9. The lowest BCUT2D eigenvalue weighted by molar-refractivity contribution is -0.113. The number of allylic oxidation sites excluding steroid dienone is 1. The van der Waals surface area contributed by atoms with Crippen LogP contribution in [0.2, 0.25) is 5.02 Å². The third-order valence-electron chi connectivity index (χ3n) is 4.09. The van der Waals surface area contributed by atoms with E-state index in [1.54, 1.807) is 30.3 Å². The van der Waals surface area contributed by atoms with Gasteiger partial charge < -0.3 is 15.2 Å². The molecule has 0 bridgehead atoms. The minimum Gasteiger partial charge on any atom is -0.345 e. The molecule has 31 heavy (non-hydrogen) atoms. The Kier molecular flexibility index (Phi) is 8.50. The van der Waals surface area contributed by atoms with Crippen LogP contribution >= 0.6 is 46.0 Å². The van der Waals surface area contributed by atoms with E-state index in [1.165, 1.54) is 11.8 Å². The molecule has 1 heterocycles. The van der Waals surface area contributed by atoms with Gasteiger partial charge in [0, 0.05) is 15.8 Å². The summed E-state index contributed by atoms with van der Waals surface area (Å²) in [5.41, 5.74) is 1.13. The van der Waals surface area contributed by atoms with Gasteiger partial charge in [-0.3, -0.25) is 9.59 Å². The van der Waals surface area contributed by atoms with E-state index in [-0.39, 0.29) is 24.1 Å². The molecule has 3 rings (SSSR count). The number of aromatic nitrogens is 3. The Balaban J connectivity index is 1.61. The molecule has 2 amide bonds. The number of nitrogens with zero attached hydrogens (tertiary/aromatic N) is 3. The summed E-state index contributed by atoms with van der Waals surface area (Å²) < 4.78 is 2.90. The Morgan fingerprint density at radius 1 is 1.16 bits per heavy atom. The molecule has 0 radical (unpaired) electrons. The van der Waals surface area contributed by atoms with E-state index in [4.69, 9.17) is 11.6 Å². The third-order valence-corrected chi connectivity index (χ3v) is 6.11. The molecule has 0 aliphatic carbocycles. The lowest BCUT2D eigenvalue weighted by atomic mass is 10.2. The predicted octanol–water partition coefficient (Wildman–Crippen LogP) is 4.38. The molecule has 0 atom stereocenters. The first-order valence-electron chi connectivity index (χ1n) is 9.22. The number of carbonyl (C=O) groups excluding carboxylic acids is 2. The molecule has 0 fully saturated rings. The number of benzene rings is 2. The monoisotopic (exact) mass is 567 g/mol. The van der Waals surface area contributed by atoms with E-state index in [0.29, 0.717) is 28.1 Å². The first-order valence-corrected chi connectivity index (χ1v) is 11.7. The van der Waals surface area contributed by atoms with Crippen LogP contribution in [0.15, 0.2) is 66.3 Å². The van der Waals surface area contributed by atoms with Gasteiger partial charge >= 0.3 is 0 Å². The van der Waals surface area contributed by atoms with E-state index in [9.17, 15) is 9.59 Å². The summed E-state index contributed by atoms with van der Waals surface area (Å²) in [5, 5.41) is 14.9. The van der Waals surface area contributed by atoms with Gasteiger partial charge in [0.2, 0.25) is 5.91 Å². The van der Waals surface area contributed by atoms with Gasteiger partial charge in [-0.15, -0.1) is 16.8 Å². The zero-order chi connectivity index (χ0) is 22.2. The maximum atomic E-state index is 12.4. The summed E-state index contributed by atoms with van der Waals surface area (Å²) in [6, 6.07) is 14.4. The fourth-order valence-corrected chi connectivity index (χ4v) is 3.98. The van der Waals surface area contributed by atoms with Crippen molar-refractivity contribution in [3.8, 4) is 0 Å². The summed E-state index contributed by atoms with van der Waals surface area (Å²) in [5.74, 6) is 0.284. The van der Waals surface area contributed by atoms with E-state index in [1.807, 2.05) is 28.8 Å². The Labute approximate surface area is 202 Å². The lowest BCUT2D eigenvalue weighted by Crippen LogP contribution is -2.25. The fourth-order valence-electron chi connectivity index (χ4n) is 2.63. The van der Waals surface area contributed by atoms with Crippen LogP contribution in [0.3, 0.4) is 0 Å². The Morgan fingerprint density at radius 3 is 2.61 bits per heavy atom. The van der Waals surface area contributed by atoms with E-state index in [2.05, 4.69) is 50.0 Å². The van der Waals surface area contributed by atoms with Crippen molar-refractivity contribution >= 4 is 63.5 Å². The molecule has 3 aromatic rings. The first kappa shape index (κ1) is 23.3. The van der Waals surface area contributed by atoms with Crippen molar-refractivity contribution in [1.29, 1.82) is 0 Å². The zero-order valence-electron chi connectivity index (χ0n) is 16.3. The van der Waals surface area contributed by atoms with Crippen LogP contribution in [0.1, 0.15) is 16.2 Å². The van der Waals surface area contributed by atoms with Crippen LogP contribution < -0.4 is 10.6 Å². The van der Waals surface area contributed by atoms with Crippen LogP contribution in [0.4, 0.5) is 5.69 Å². The van der Waals surface area contributed by atoms with Gasteiger partial charge in [0.15, 0.2) is 11.0 Å². The predicted molar refractivity (Wildman–Crippen MR) is 131 cm³/mol. The van der Waals surface area contributed by atoms with E-state index >= 15 is 0 Å². The molecule has 0 saturated heterocycles. The van der Waals surface area contributed by atoms with Crippen molar-refractivity contribution in [1.82, 2.24) is 20.1 Å². The SMILES string of the molecule is C=CCn1c(CNC(=O)c2ccccc2Cl)nnc1SCC(=O)Nc1ccc(I)cc1. The fraction of sp³-hybridized carbons (Fsp3) is 0.143. The third kappa shape index (κ3) is 6.55. The van der Waals surface area contributed by atoms with Gasteiger partial charge in [0.25, 0.3) is 5.91 Å². The number of amides is 2. The molecular formula is C21H19ClIN5O2S. The molecule has 2 N–H and O–H groups in total. The number of carbonyl (C=O) groups is 2. The second-order valence-electron chi connectivity index (χ2n) is 6.30. The number of nitrogens with one attached hydrogen (secondary N) is 2. The van der Waals surface area contributed by atoms with Crippen molar-refractivity contribution in [3.05, 3.63) is 81.2 Å². The highest BCUT2D eigenvalue weighted by molar-refractivity contribution is 14.1. The van der Waals surface area contributed by atoms with Crippen molar-refractivity contribution in [2.75, 3.05) is 11.1 Å². The van der Waals surface area contributed by atoms with Gasteiger partial charge in [-0.1, -0.05) is 41.6 Å². The van der Waals surface area contributed by atoms with Crippen LogP contribution in [-0.2, 0) is 17.9 Å². The van der Waals surface area contributed by atoms with E-state index < -0.39 is 0 Å². The largest absolute Gasteiger partial charge is 0.345 e. The average molecular weight is 568 g/mol. The molecule has 7 nitrogen and oxygen atoms in total. The Bertz CT molecular complexity index is 1090. The van der Waals surface area contributed by atoms with Crippen LogP contribution in [-0.4, -0.2) is 32.3 Å². The molecule has 0 spiro atoms. The molecule has 0 aliphatic heterocycles. The molecular weight excluding hydrogens is 549 g/mol. The molecule has 0 aliphatic rings. The van der Waals surface area contributed by atoms with Crippen LogP contribution in [0.5, 0.6) is 0 Å². The summed E-state index contributed by atoms with van der Waals surface area (Å²) >= 11 is 9.55. The maximum Gasteiger partial charge on any atom is 0.253 e. The van der Waals surface area contributed by atoms with Gasteiger partial charge in [-0.05, 0) is 59.0 Å². The van der Waals surface area contributed by atoms with Crippen LogP contribution in [0.25, 0.3) is 0 Å². The Morgan fingerprint density at radius 2 is 1.90 bits per heavy atom. The standard InChI is InChI=1S/C21H19ClIN5O2S/c1-2-11-28-18(12-24-20(30)16-5-3-4-6-17(16)22)26-27-21(28)31-13-19(29)25-15-9-7-14(23)8-10-15/h2-10H,1,11-13H2,(H,24,30)(H,25,29). The van der Waals surface area contributed by atoms with Crippen molar-refractivity contribution < 1.29 is 9.59 Å². The smallest absolute Gasteiger partial charge is 0.253 e. The van der Waals surface area contributed by atoms with Crippen molar-refractivity contribution in [3.63, 3.8) is 0 Å². The number of halogens is 2. The summed E-state index contributed by atoms with van der Waals surface area (Å²) in [6.45, 7) is 4.38. The second-order valence-corrected chi connectivity index (χ2v) is 8.90. The molecule has 2 aromatic carbocycles. The second kappa shape index (κ2) is 11.3. The molecule has 160 valence electrons. The number of anilines is 1. The quantitative estimate of drug-likeness (QED) is 0.228. The highest BCUT2D eigenvalue weighted by Crippen LogP contribution is 2.19. The molecule has 1 aromatic heterocycles.